The molecule has 0 spiro atoms. The van der Waals surface area contributed by atoms with Crippen LogP contribution in [0.1, 0.15) is 24.8 Å². The molecule has 2 rings (SSSR count). The fourth-order valence-electron chi connectivity index (χ4n) is 1.70. The Morgan fingerprint density at radius 3 is 2.82 bits per heavy atom. The van der Waals surface area contributed by atoms with E-state index in [1.54, 1.807) is 6.07 Å². The van der Waals surface area contributed by atoms with E-state index in [0.717, 1.165) is 35.7 Å². The van der Waals surface area contributed by atoms with E-state index in [0.29, 0.717) is 0 Å². The normalized spacial score (nSPS) is 15.2. The van der Waals surface area contributed by atoms with Crippen molar-refractivity contribution in [1.82, 2.24) is 10.6 Å². The van der Waals surface area contributed by atoms with Crippen molar-refractivity contribution in [2.45, 2.75) is 31.8 Å². The third kappa shape index (κ3) is 4.89. The number of hydrogen-bond donors (Lipinski definition) is 2. The van der Waals surface area contributed by atoms with Crippen LogP contribution in [0.15, 0.2) is 18.2 Å². The maximum absolute atomic E-state index is 12.9. The lowest BCUT2D eigenvalue weighted by Gasteiger charge is -2.07. The van der Waals surface area contributed by atoms with Gasteiger partial charge in [-0.05, 0) is 72.6 Å². The standard InChI is InChI=1S/C13H18FIN2/c14-11-3-2-10(13(15)8-11)9-16-6-1-7-17-12-4-5-12/h2-3,8,12,16-17H,1,4-7,9H2. The van der Waals surface area contributed by atoms with Crippen LogP contribution in [-0.2, 0) is 6.54 Å². The molecule has 4 heteroatoms. The molecule has 2 N–H and O–H groups in total. The smallest absolute Gasteiger partial charge is 0.124 e. The van der Waals surface area contributed by atoms with Crippen molar-refractivity contribution in [1.29, 1.82) is 0 Å². The lowest BCUT2D eigenvalue weighted by atomic mass is 10.2. The van der Waals surface area contributed by atoms with Crippen molar-refractivity contribution in [3.63, 3.8) is 0 Å². The Hall–Kier alpha value is -0.200. The van der Waals surface area contributed by atoms with Crippen LogP contribution < -0.4 is 10.6 Å². The first kappa shape index (κ1) is 13.2. The van der Waals surface area contributed by atoms with Gasteiger partial charge in [0.1, 0.15) is 5.82 Å². The maximum Gasteiger partial charge on any atom is 0.124 e. The van der Waals surface area contributed by atoms with E-state index >= 15 is 0 Å². The second-order valence-electron chi connectivity index (χ2n) is 4.49. The van der Waals surface area contributed by atoms with Gasteiger partial charge in [-0.15, -0.1) is 0 Å². The van der Waals surface area contributed by atoms with Crippen molar-refractivity contribution in [3.8, 4) is 0 Å². The van der Waals surface area contributed by atoms with E-state index in [1.807, 2.05) is 6.07 Å². The summed E-state index contributed by atoms with van der Waals surface area (Å²) in [7, 11) is 0. The SMILES string of the molecule is Fc1ccc(CNCCCNC2CC2)c(I)c1. The van der Waals surface area contributed by atoms with Gasteiger partial charge in [0.05, 0.1) is 0 Å². The van der Waals surface area contributed by atoms with Gasteiger partial charge in [0.2, 0.25) is 0 Å². The minimum Gasteiger partial charge on any atom is -0.314 e. The van der Waals surface area contributed by atoms with Gasteiger partial charge in [-0.2, -0.15) is 0 Å². The lowest BCUT2D eigenvalue weighted by Crippen LogP contribution is -2.23. The van der Waals surface area contributed by atoms with E-state index in [1.165, 1.54) is 24.5 Å². The number of halogens is 2. The highest BCUT2D eigenvalue weighted by Gasteiger charge is 2.19. The molecule has 1 aromatic rings. The first-order valence-corrected chi connectivity index (χ1v) is 7.21. The summed E-state index contributed by atoms with van der Waals surface area (Å²) in [5.74, 6) is -0.160. The minimum absolute atomic E-state index is 0.160. The number of benzene rings is 1. The molecule has 2 nitrogen and oxygen atoms in total. The Labute approximate surface area is 116 Å². The van der Waals surface area contributed by atoms with Gasteiger partial charge in [-0.1, -0.05) is 6.07 Å². The Balaban J connectivity index is 1.60. The summed E-state index contributed by atoms with van der Waals surface area (Å²) in [6, 6.07) is 5.75. The van der Waals surface area contributed by atoms with Gasteiger partial charge in [0, 0.05) is 16.2 Å². The third-order valence-corrected chi connectivity index (χ3v) is 3.88. The predicted octanol–water partition coefficient (Wildman–Crippen LogP) is 2.66. The van der Waals surface area contributed by atoms with E-state index < -0.39 is 0 Å². The lowest BCUT2D eigenvalue weighted by molar-refractivity contribution is 0.591. The summed E-state index contributed by atoms with van der Waals surface area (Å²) >= 11 is 2.18. The summed E-state index contributed by atoms with van der Waals surface area (Å²) < 4.78 is 13.9. The van der Waals surface area contributed by atoms with Gasteiger partial charge in [0.25, 0.3) is 0 Å². The van der Waals surface area contributed by atoms with Gasteiger partial charge >= 0.3 is 0 Å². The summed E-state index contributed by atoms with van der Waals surface area (Å²) in [5.41, 5.74) is 1.17. The van der Waals surface area contributed by atoms with Crippen molar-refractivity contribution in [2.75, 3.05) is 13.1 Å². The number of rotatable bonds is 7. The molecule has 0 saturated heterocycles. The van der Waals surface area contributed by atoms with E-state index in [4.69, 9.17) is 0 Å². The zero-order valence-electron chi connectivity index (χ0n) is 9.81. The van der Waals surface area contributed by atoms with Crippen LogP contribution in [0.4, 0.5) is 4.39 Å². The molecular weight excluding hydrogens is 330 g/mol. The van der Waals surface area contributed by atoms with Crippen LogP contribution >= 0.6 is 22.6 Å². The number of hydrogen-bond acceptors (Lipinski definition) is 2. The largest absolute Gasteiger partial charge is 0.314 e. The Bertz CT molecular complexity index is 366. The highest BCUT2D eigenvalue weighted by atomic mass is 127. The molecular formula is C13H18FIN2. The molecule has 0 amide bonds. The molecule has 1 aliphatic rings. The molecule has 94 valence electrons. The van der Waals surface area contributed by atoms with Gasteiger partial charge in [0.15, 0.2) is 0 Å². The summed E-state index contributed by atoms with van der Waals surface area (Å²) in [5, 5.41) is 6.87. The first-order valence-electron chi connectivity index (χ1n) is 6.14. The zero-order valence-corrected chi connectivity index (χ0v) is 12.0. The first-order chi connectivity index (χ1) is 8.25. The van der Waals surface area contributed by atoms with Gasteiger partial charge in [-0.3, -0.25) is 0 Å². The summed E-state index contributed by atoms with van der Waals surface area (Å²) in [4.78, 5) is 0. The van der Waals surface area contributed by atoms with Crippen LogP contribution in [0.5, 0.6) is 0 Å². The highest BCUT2D eigenvalue weighted by Crippen LogP contribution is 2.18. The fraction of sp³-hybridized carbons (Fsp3) is 0.538. The van der Waals surface area contributed by atoms with Crippen LogP contribution in [-0.4, -0.2) is 19.1 Å². The summed E-state index contributed by atoms with van der Waals surface area (Å²) in [6.07, 6.45) is 3.84. The summed E-state index contributed by atoms with van der Waals surface area (Å²) in [6.45, 7) is 2.92. The molecule has 0 unspecified atom stereocenters. The average Bonchev–Trinajstić information content (AvgIpc) is 3.09. The van der Waals surface area contributed by atoms with Crippen molar-refractivity contribution >= 4 is 22.6 Å². The van der Waals surface area contributed by atoms with Gasteiger partial charge < -0.3 is 10.6 Å². The maximum atomic E-state index is 12.9. The topological polar surface area (TPSA) is 24.1 Å². The Morgan fingerprint density at radius 1 is 1.29 bits per heavy atom. The third-order valence-electron chi connectivity index (χ3n) is 2.87. The highest BCUT2D eigenvalue weighted by molar-refractivity contribution is 14.1. The predicted molar refractivity (Wildman–Crippen MR) is 76.5 cm³/mol. The van der Waals surface area contributed by atoms with E-state index in [9.17, 15) is 4.39 Å². The molecule has 0 aromatic heterocycles. The monoisotopic (exact) mass is 348 g/mol. The zero-order chi connectivity index (χ0) is 12.1. The fourth-order valence-corrected chi connectivity index (χ4v) is 2.36. The minimum atomic E-state index is -0.160. The van der Waals surface area contributed by atoms with Crippen LogP contribution in [0.25, 0.3) is 0 Å². The van der Waals surface area contributed by atoms with Crippen molar-refractivity contribution in [2.24, 2.45) is 0 Å². The molecule has 0 bridgehead atoms. The molecule has 1 aliphatic carbocycles. The van der Waals surface area contributed by atoms with E-state index in [2.05, 4.69) is 33.2 Å². The van der Waals surface area contributed by atoms with Crippen LogP contribution in [0.2, 0.25) is 0 Å². The quantitative estimate of drug-likeness (QED) is 0.585. The van der Waals surface area contributed by atoms with Crippen LogP contribution in [0.3, 0.4) is 0 Å². The van der Waals surface area contributed by atoms with E-state index in [-0.39, 0.29) is 5.82 Å². The Kier molecular flexibility index (Phi) is 5.18. The molecule has 0 radical (unpaired) electrons. The molecule has 1 fully saturated rings. The molecule has 0 atom stereocenters. The molecule has 1 saturated carbocycles. The molecule has 17 heavy (non-hydrogen) atoms. The molecule has 0 heterocycles. The Morgan fingerprint density at radius 2 is 2.12 bits per heavy atom. The van der Waals surface area contributed by atoms with Crippen LogP contribution in [0, 0.1) is 9.39 Å². The van der Waals surface area contributed by atoms with Gasteiger partial charge in [-0.25, -0.2) is 4.39 Å². The van der Waals surface area contributed by atoms with Crippen molar-refractivity contribution < 1.29 is 4.39 Å². The molecule has 1 aromatic carbocycles. The average molecular weight is 348 g/mol. The number of nitrogens with one attached hydrogen (secondary N) is 2. The molecule has 0 aliphatic heterocycles. The van der Waals surface area contributed by atoms with Crippen molar-refractivity contribution in [3.05, 3.63) is 33.1 Å². The second kappa shape index (κ2) is 6.66. The second-order valence-corrected chi connectivity index (χ2v) is 5.66.